The maximum Gasteiger partial charge on any atom is 0.138 e. The number of aromatic amines is 1. The van der Waals surface area contributed by atoms with Crippen LogP contribution in [-0.4, -0.2) is 39.2 Å². The molecular formula is C17H24ClN3O2. The average Bonchev–Trinajstić information content (AvgIpc) is 2.87. The number of rotatable bonds is 8. The molecule has 1 heterocycles. The highest BCUT2D eigenvalue weighted by molar-refractivity contribution is 6.32. The molecule has 126 valence electrons. The Morgan fingerprint density at radius 2 is 2.13 bits per heavy atom. The largest absolute Gasteiger partial charge is 0.489 e. The highest BCUT2D eigenvalue weighted by atomic mass is 35.5. The first kappa shape index (κ1) is 17.8. The quantitative estimate of drug-likeness (QED) is 0.776. The molecule has 6 heteroatoms. The van der Waals surface area contributed by atoms with Crippen molar-refractivity contribution in [2.75, 3.05) is 13.2 Å². The van der Waals surface area contributed by atoms with Crippen LogP contribution in [-0.2, 0) is 13.1 Å². The van der Waals surface area contributed by atoms with Crippen LogP contribution in [0.1, 0.15) is 30.9 Å². The van der Waals surface area contributed by atoms with E-state index in [0.717, 1.165) is 17.1 Å². The summed E-state index contributed by atoms with van der Waals surface area (Å²) in [5.74, 6) is 1.59. The average molecular weight is 338 g/mol. The Kier molecular flexibility index (Phi) is 6.45. The first-order valence-electron chi connectivity index (χ1n) is 7.76. The van der Waals surface area contributed by atoms with Crippen LogP contribution in [0.3, 0.4) is 0 Å². The van der Waals surface area contributed by atoms with Gasteiger partial charge in [0.05, 0.1) is 17.7 Å². The standard InChI is InChI=1S/C17H24ClN3O2/c1-12(2)23-17-5-4-14(8-16(17)18)10-21(6-7-22)11-15-9-19-13(3)20-15/h4-5,8-9,12,22H,6-7,10-11H2,1-3H3,(H,19,20). The maximum absolute atomic E-state index is 9.28. The molecule has 0 amide bonds. The molecule has 0 radical (unpaired) electrons. The van der Waals surface area contributed by atoms with Gasteiger partial charge in [0, 0.05) is 31.5 Å². The summed E-state index contributed by atoms with van der Waals surface area (Å²) < 4.78 is 5.65. The lowest BCUT2D eigenvalue weighted by Gasteiger charge is -2.21. The second-order valence-electron chi connectivity index (χ2n) is 5.86. The molecule has 0 saturated carbocycles. The molecule has 5 nitrogen and oxygen atoms in total. The van der Waals surface area contributed by atoms with Crippen LogP contribution in [0, 0.1) is 6.92 Å². The number of aliphatic hydroxyl groups is 1. The van der Waals surface area contributed by atoms with E-state index in [2.05, 4.69) is 14.9 Å². The third-order valence-corrected chi connectivity index (χ3v) is 3.63. The summed E-state index contributed by atoms with van der Waals surface area (Å²) in [6.45, 7) is 7.95. The van der Waals surface area contributed by atoms with E-state index in [-0.39, 0.29) is 12.7 Å². The summed E-state index contributed by atoms with van der Waals surface area (Å²) in [7, 11) is 0. The van der Waals surface area contributed by atoms with Gasteiger partial charge in [0.2, 0.25) is 0 Å². The maximum atomic E-state index is 9.28. The van der Waals surface area contributed by atoms with E-state index in [1.807, 2.05) is 45.2 Å². The molecule has 2 rings (SSSR count). The minimum atomic E-state index is 0.0906. The van der Waals surface area contributed by atoms with Crippen molar-refractivity contribution >= 4 is 11.6 Å². The van der Waals surface area contributed by atoms with Crippen molar-refractivity contribution in [3.05, 3.63) is 46.5 Å². The van der Waals surface area contributed by atoms with E-state index in [4.69, 9.17) is 16.3 Å². The van der Waals surface area contributed by atoms with Crippen molar-refractivity contribution < 1.29 is 9.84 Å². The lowest BCUT2D eigenvalue weighted by atomic mass is 10.2. The Bertz CT molecular complexity index is 628. The molecule has 0 unspecified atom stereocenters. The van der Waals surface area contributed by atoms with Gasteiger partial charge in [0.15, 0.2) is 0 Å². The van der Waals surface area contributed by atoms with Crippen molar-refractivity contribution in [3.8, 4) is 5.75 Å². The van der Waals surface area contributed by atoms with Gasteiger partial charge in [-0.05, 0) is 38.5 Å². The van der Waals surface area contributed by atoms with E-state index in [9.17, 15) is 5.11 Å². The smallest absolute Gasteiger partial charge is 0.138 e. The van der Waals surface area contributed by atoms with Gasteiger partial charge in [-0.1, -0.05) is 17.7 Å². The zero-order valence-electron chi connectivity index (χ0n) is 13.8. The third-order valence-electron chi connectivity index (χ3n) is 3.33. The number of nitrogens with one attached hydrogen (secondary N) is 1. The zero-order valence-corrected chi connectivity index (χ0v) is 14.6. The number of ether oxygens (including phenoxy) is 1. The minimum absolute atomic E-state index is 0.0906. The van der Waals surface area contributed by atoms with Crippen LogP contribution in [0.5, 0.6) is 5.75 Å². The SMILES string of the molecule is Cc1ncc(CN(CCO)Cc2ccc(OC(C)C)c(Cl)c2)[nH]1. The first-order valence-corrected chi connectivity index (χ1v) is 8.14. The molecule has 0 spiro atoms. The van der Waals surface area contributed by atoms with Crippen molar-refractivity contribution in [2.45, 2.75) is 40.0 Å². The van der Waals surface area contributed by atoms with Gasteiger partial charge in [-0.15, -0.1) is 0 Å². The highest BCUT2D eigenvalue weighted by Gasteiger charge is 2.11. The number of imidazole rings is 1. The summed E-state index contributed by atoms with van der Waals surface area (Å²) in [5.41, 5.74) is 2.11. The van der Waals surface area contributed by atoms with E-state index in [0.29, 0.717) is 30.4 Å². The second-order valence-corrected chi connectivity index (χ2v) is 6.27. The lowest BCUT2D eigenvalue weighted by molar-refractivity contribution is 0.183. The van der Waals surface area contributed by atoms with E-state index < -0.39 is 0 Å². The highest BCUT2D eigenvalue weighted by Crippen LogP contribution is 2.27. The van der Waals surface area contributed by atoms with E-state index in [1.54, 1.807) is 0 Å². The van der Waals surface area contributed by atoms with Crippen LogP contribution in [0.15, 0.2) is 24.4 Å². The number of aliphatic hydroxyl groups excluding tert-OH is 1. The third kappa shape index (κ3) is 5.53. The van der Waals surface area contributed by atoms with E-state index in [1.165, 1.54) is 0 Å². The van der Waals surface area contributed by atoms with Crippen LogP contribution in [0.25, 0.3) is 0 Å². The molecule has 2 N–H and O–H groups in total. The molecule has 2 aromatic rings. The van der Waals surface area contributed by atoms with Crippen LogP contribution in [0.2, 0.25) is 5.02 Å². The normalized spacial score (nSPS) is 11.4. The van der Waals surface area contributed by atoms with Crippen molar-refractivity contribution in [2.24, 2.45) is 0 Å². The summed E-state index contributed by atoms with van der Waals surface area (Å²) >= 11 is 6.29. The topological polar surface area (TPSA) is 61.4 Å². The fourth-order valence-electron chi connectivity index (χ4n) is 2.40. The molecule has 0 bridgehead atoms. The Morgan fingerprint density at radius 3 is 2.70 bits per heavy atom. The number of nitrogens with zero attached hydrogens (tertiary/aromatic N) is 2. The molecule has 0 aliphatic heterocycles. The number of benzene rings is 1. The summed E-state index contributed by atoms with van der Waals surface area (Å²) in [6.07, 6.45) is 1.92. The van der Waals surface area contributed by atoms with Gasteiger partial charge in [0.25, 0.3) is 0 Å². The van der Waals surface area contributed by atoms with Gasteiger partial charge >= 0.3 is 0 Å². The summed E-state index contributed by atoms with van der Waals surface area (Å²) in [4.78, 5) is 9.56. The Labute approximate surface area is 142 Å². The molecule has 1 aromatic carbocycles. The van der Waals surface area contributed by atoms with Gasteiger partial charge in [-0.2, -0.15) is 0 Å². The molecule has 1 aromatic heterocycles. The van der Waals surface area contributed by atoms with Crippen molar-refractivity contribution in [3.63, 3.8) is 0 Å². The molecule has 23 heavy (non-hydrogen) atoms. The van der Waals surface area contributed by atoms with Gasteiger partial charge in [-0.3, -0.25) is 4.90 Å². The lowest BCUT2D eigenvalue weighted by Crippen LogP contribution is -2.26. The van der Waals surface area contributed by atoms with Crippen molar-refractivity contribution in [1.29, 1.82) is 0 Å². The van der Waals surface area contributed by atoms with Gasteiger partial charge in [0.1, 0.15) is 11.6 Å². The fraction of sp³-hybridized carbons (Fsp3) is 0.471. The van der Waals surface area contributed by atoms with Gasteiger partial charge in [-0.25, -0.2) is 4.98 Å². The van der Waals surface area contributed by atoms with Crippen LogP contribution in [0.4, 0.5) is 0 Å². The Morgan fingerprint density at radius 1 is 1.35 bits per heavy atom. The molecule has 0 aliphatic rings. The fourth-order valence-corrected chi connectivity index (χ4v) is 2.65. The first-order chi connectivity index (χ1) is 11.0. The van der Waals surface area contributed by atoms with E-state index >= 15 is 0 Å². The van der Waals surface area contributed by atoms with Crippen molar-refractivity contribution in [1.82, 2.24) is 14.9 Å². The molecule has 0 atom stereocenters. The Balaban J connectivity index is 2.05. The summed E-state index contributed by atoms with van der Waals surface area (Å²) in [6, 6.07) is 5.82. The number of hydrogen-bond acceptors (Lipinski definition) is 4. The molecule has 0 fully saturated rings. The molecule has 0 aliphatic carbocycles. The predicted octanol–water partition coefficient (Wildman–Crippen LogP) is 3.15. The summed E-state index contributed by atoms with van der Waals surface area (Å²) in [5, 5.41) is 9.89. The zero-order chi connectivity index (χ0) is 16.8. The monoisotopic (exact) mass is 337 g/mol. The number of aromatic nitrogens is 2. The number of hydrogen-bond donors (Lipinski definition) is 2. The van der Waals surface area contributed by atoms with Crippen LogP contribution >= 0.6 is 11.6 Å². The molecule has 0 saturated heterocycles. The second kappa shape index (κ2) is 8.34. The molecular weight excluding hydrogens is 314 g/mol. The predicted molar refractivity (Wildman–Crippen MR) is 91.7 cm³/mol. The minimum Gasteiger partial charge on any atom is -0.489 e. The number of aryl methyl sites for hydroxylation is 1. The van der Waals surface area contributed by atoms with Crippen LogP contribution < -0.4 is 4.74 Å². The Hall–Kier alpha value is -1.56. The number of H-pyrrole nitrogens is 1. The van der Waals surface area contributed by atoms with Gasteiger partial charge < -0.3 is 14.8 Å². The number of halogens is 1.